The Morgan fingerprint density at radius 1 is 1.10 bits per heavy atom. The van der Waals surface area contributed by atoms with E-state index in [1.807, 2.05) is 23.6 Å². The molecule has 1 aromatic carbocycles. The number of pyridine rings is 1. The number of thiazole rings is 1. The van der Waals surface area contributed by atoms with Crippen LogP contribution in [0, 0.1) is 16.7 Å². The van der Waals surface area contributed by atoms with Crippen LogP contribution in [0.15, 0.2) is 35.8 Å². The Morgan fingerprint density at radius 2 is 1.92 bits per heavy atom. The van der Waals surface area contributed by atoms with E-state index < -0.39 is 11.4 Å². The summed E-state index contributed by atoms with van der Waals surface area (Å²) in [5.41, 5.74) is 3.72. The first-order valence-corrected chi connectivity index (χ1v) is 17.4. The smallest absolute Gasteiger partial charge is 0.342 e. The molecule has 0 bridgehead atoms. The number of rotatable bonds is 9. The van der Waals surface area contributed by atoms with Gasteiger partial charge in [0.1, 0.15) is 5.82 Å². The number of likely N-dealkylation sites (tertiary alicyclic amines) is 1. The Bertz CT molecular complexity index is 1760. The van der Waals surface area contributed by atoms with E-state index in [1.165, 1.54) is 21.4 Å². The van der Waals surface area contributed by atoms with Gasteiger partial charge in [-0.2, -0.15) is 5.26 Å². The Hall–Kier alpha value is -4.29. The minimum atomic E-state index is -0.560. The minimum Gasteiger partial charge on any atom is -0.381 e. The number of amides is 4. The number of nitriles is 1. The second-order valence-corrected chi connectivity index (χ2v) is 14.0. The van der Waals surface area contributed by atoms with Crippen molar-refractivity contribution in [2.24, 2.45) is 5.41 Å². The second kappa shape index (κ2) is 13.7. The first-order valence-electron chi connectivity index (χ1n) is 16.2. The summed E-state index contributed by atoms with van der Waals surface area (Å²) in [5, 5.41) is 25.0. The van der Waals surface area contributed by atoms with E-state index in [0.29, 0.717) is 49.7 Å². The zero-order valence-electron chi connectivity index (χ0n) is 26.3. The average Bonchev–Trinajstić information content (AvgIpc) is 3.70. The van der Waals surface area contributed by atoms with Crippen molar-refractivity contribution in [2.45, 2.75) is 51.2 Å². The summed E-state index contributed by atoms with van der Waals surface area (Å²) in [6.07, 6.45) is 5.13. The van der Waals surface area contributed by atoms with Crippen LogP contribution in [0.25, 0.3) is 11.3 Å². The topological polar surface area (TPSA) is 156 Å². The Labute approximate surface area is 287 Å². The molecule has 3 saturated heterocycles. The number of ether oxygens (including phenoxy) is 1. The number of anilines is 2. The lowest BCUT2D eigenvalue weighted by molar-refractivity contribution is -0.123. The van der Waals surface area contributed by atoms with Crippen molar-refractivity contribution < 1.29 is 19.1 Å². The molecule has 250 valence electrons. The summed E-state index contributed by atoms with van der Waals surface area (Å²) >= 11 is 8.05. The summed E-state index contributed by atoms with van der Waals surface area (Å²) in [5.74, 6) is 0.199. The van der Waals surface area contributed by atoms with Gasteiger partial charge < -0.3 is 15.4 Å². The number of piperidine rings is 1. The molecule has 3 N–H and O–H groups in total. The quantitative estimate of drug-likeness (QED) is 0.293. The summed E-state index contributed by atoms with van der Waals surface area (Å²) < 4.78 is 5.44. The fraction of sp³-hybridized carbons (Fsp3) is 0.455. The van der Waals surface area contributed by atoms with Crippen LogP contribution in [0.2, 0.25) is 5.02 Å². The molecule has 13 nitrogen and oxygen atoms in total. The van der Waals surface area contributed by atoms with E-state index in [2.05, 4.69) is 38.0 Å². The van der Waals surface area contributed by atoms with Gasteiger partial charge >= 0.3 is 6.03 Å². The maximum atomic E-state index is 13.0. The van der Waals surface area contributed by atoms with E-state index in [0.717, 1.165) is 65.8 Å². The maximum Gasteiger partial charge on any atom is 0.342 e. The van der Waals surface area contributed by atoms with Crippen LogP contribution in [0.5, 0.6) is 0 Å². The number of carbonyl (C=O) groups is 3. The van der Waals surface area contributed by atoms with Gasteiger partial charge in [0.25, 0.3) is 5.91 Å². The summed E-state index contributed by atoms with van der Waals surface area (Å²) in [6, 6.07) is 10.00. The van der Waals surface area contributed by atoms with Gasteiger partial charge in [0.05, 0.1) is 35.3 Å². The fourth-order valence-electron chi connectivity index (χ4n) is 6.67. The van der Waals surface area contributed by atoms with Crippen LogP contribution in [0.1, 0.15) is 53.6 Å². The molecule has 48 heavy (non-hydrogen) atoms. The third kappa shape index (κ3) is 6.82. The van der Waals surface area contributed by atoms with Crippen molar-refractivity contribution >= 4 is 51.7 Å². The molecule has 0 radical (unpaired) electrons. The molecule has 0 saturated carbocycles. The molecule has 6 heterocycles. The van der Waals surface area contributed by atoms with Gasteiger partial charge in [0, 0.05) is 74.6 Å². The lowest BCUT2D eigenvalue weighted by Crippen LogP contribution is -2.56. The molecule has 4 aliphatic rings. The van der Waals surface area contributed by atoms with E-state index >= 15 is 0 Å². The van der Waals surface area contributed by atoms with E-state index in [1.54, 1.807) is 6.20 Å². The molecule has 0 spiro atoms. The van der Waals surface area contributed by atoms with E-state index in [-0.39, 0.29) is 30.8 Å². The predicted molar refractivity (Wildman–Crippen MR) is 180 cm³/mol. The number of aromatic nitrogens is 2. The van der Waals surface area contributed by atoms with Gasteiger partial charge in [-0.05, 0) is 48.9 Å². The molecular weight excluding hydrogens is 654 g/mol. The second-order valence-electron chi connectivity index (χ2n) is 12.7. The van der Waals surface area contributed by atoms with Crippen LogP contribution >= 0.6 is 22.9 Å². The molecule has 3 aromatic rings. The van der Waals surface area contributed by atoms with Gasteiger partial charge in [0.15, 0.2) is 5.13 Å². The van der Waals surface area contributed by atoms with Crippen molar-refractivity contribution in [1.82, 2.24) is 30.2 Å². The largest absolute Gasteiger partial charge is 0.381 e. The molecule has 7 rings (SSSR count). The monoisotopic (exact) mass is 689 g/mol. The van der Waals surface area contributed by atoms with Crippen molar-refractivity contribution in [1.29, 1.82) is 5.26 Å². The Kier molecular flexibility index (Phi) is 9.19. The van der Waals surface area contributed by atoms with Crippen LogP contribution in [-0.2, 0) is 22.6 Å². The molecular formula is C33H36ClN9O4S. The number of carbonyl (C=O) groups excluding carboxylic acids is 3. The number of benzene rings is 1. The number of hydrogen-bond donors (Lipinski definition) is 3. The number of fused-ring (bicyclic) bond motifs is 1. The average molecular weight is 690 g/mol. The number of urea groups is 1. The number of nitrogens with one attached hydrogen (secondary N) is 3. The summed E-state index contributed by atoms with van der Waals surface area (Å²) in [4.78, 5) is 48.5. The number of halogens is 1. The van der Waals surface area contributed by atoms with Gasteiger partial charge in [-0.1, -0.05) is 23.7 Å². The van der Waals surface area contributed by atoms with E-state index in [4.69, 9.17) is 21.3 Å². The molecule has 0 unspecified atom stereocenters. The molecule has 4 amide bonds. The standard InChI is InChI=1S/C33H36ClN9O4S/c34-26-15-36-28(14-25(26)27-18-48-31(39-27)37-20-33(19-35)6-11-47-12-7-33)38-23-3-8-41(9-4-23)16-21-1-2-24-22(13-21)17-43(30(24)45)42-10-5-29(44)40-32(42)46/h1-2,13-15,18,23H,3-12,16-17,20H2,(H,36,38)(H,37,39)(H,40,44,46). The predicted octanol–water partition coefficient (Wildman–Crippen LogP) is 4.48. The normalized spacial score (nSPS) is 20.0. The maximum absolute atomic E-state index is 13.0. The van der Waals surface area contributed by atoms with Gasteiger partial charge in [-0.25, -0.2) is 24.8 Å². The number of nitrogens with zero attached hydrogens (tertiary/aromatic N) is 6. The Balaban J connectivity index is 0.918. The summed E-state index contributed by atoms with van der Waals surface area (Å²) in [6.45, 7) is 4.80. The zero-order valence-corrected chi connectivity index (χ0v) is 27.9. The molecule has 3 fully saturated rings. The third-order valence-electron chi connectivity index (χ3n) is 9.52. The van der Waals surface area contributed by atoms with Gasteiger partial charge in [-0.3, -0.25) is 19.8 Å². The third-order valence-corrected chi connectivity index (χ3v) is 10.6. The summed E-state index contributed by atoms with van der Waals surface area (Å²) in [7, 11) is 0. The highest BCUT2D eigenvalue weighted by Crippen LogP contribution is 2.34. The SMILES string of the molecule is N#CC1(CNc2nc(-c3cc(NC4CCN(Cc5ccc6c(c5)CN(N5CCC(=O)NC5=O)C6=O)CC4)ncc3Cl)cs2)CCOCC1. The highest BCUT2D eigenvalue weighted by atomic mass is 35.5. The lowest BCUT2D eigenvalue weighted by atomic mass is 9.82. The van der Waals surface area contributed by atoms with Crippen LogP contribution in [-0.4, -0.2) is 88.2 Å². The highest BCUT2D eigenvalue weighted by molar-refractivity contribution is 7.14. The molecule has 0 aliphatic carbocycles. The lowest BCUT2D eigenvalue weighted by Gasteiger charge is -2.33. The van der Waals surface area contributed by atoms with Crippen molar-refractivity contribution in [3.8, 4) is 17.3 Å². The minimum absolute atomic E-state index is 0.171. The van der Waals surface area contributed by atoms with Gasteiger partial charge in [0.2, 0.25) is 5.91 Å². The van der Waals surface area contributed by atoms with Crippen molar-refractivity contribution in [2.75, 3.05) is 50.0 Å². The van der Waals surface area contributed by atoms with Crippen LogP contribution in [0.4, 0.5) is 15.7 Å². The fourth-order valence-corrected chi connectivity index (χ4v) is 7.58. The van der Waals surface area contributed by atoms with E-state index in [9.17, 15) is 19.6 Å². The van der Waals surface area contributed by atoms with Crippen LogP contribution in [0.3, 0.4) is 0 Å². The highest BCUT2D eigenvalue weighted by Gasteiger charge is 2.37. The number of imide groups is 1. The molecule has 0 atom stereocenters. The van der Waals surface area contributed by atoms with Crippen molar-refractivity contribution in [3.63, 3.8) is 0 Å². The first kappa shape index (κ1) is 32.3. The first-order chi connectivity index (χ1) is 23.3. The van der Waals surface area contributed by atoms with Gasteiger partial charge in [-0.15, -0.1) is 11.3 Å². The molecule has 15 heteroatoms. The van der Waals surface area contributed by atoms with Crippen molar-refractivity contribution in [3.05, 3.63) is 57.6 Å². The number of hydrogen-bond acceptors (Lipinski definition) is 11. The number of hydrazine groups is 1. The molecule has 4 aliphatic heterocycles. The Morgan fingerprint density at radius 3 is 2.69 bits per heavy atom. The van der Waals surface area contributed by atoms with Crippen LogP contribution < -0.4 is 16.0 Å². The zero-order chi connectivity index (χ0) is 33.3. The molecule has 2 aromatic heterocycles.